The predicted molar refractivity (Wildman–Crippen MR) is 125 cm³/mol. The molecule has 0 bridgehead atoms. The van der Waals surface area contributed by atoms with Crippen molar-refractivity contribution in [2.24, 2.45) is 5.92 Å². The van der Waals surface area contributed by atoms with Crippen molar-refractivity contribution in [2.75, 3.05) is 26.2 Å². The summed E-state index contributed by atoms with van der Waals surface area (Å²) in [5, 5.41) is 0. The lowest BCUT2D eigenvalue weighted by Gasteiger charge is -2.33. The number of carbonyl (C=O) groups excluding carboxylic acids is 1. The van der Waals surface area contributed by atoms with Gasteiger partial charge in [0.2, 0.25) is 5.91 Å². The number of para-hydroxylation sites is 2. The number of benzene rings is 2. The molecule has 1 fully saturated rings. The maximum absolute atomic E-state index is 12.7. The Labute approximate surface area is 186 Å². The summed E-state index contributed by atoms with van der Waals surface area (Å²) in [7, 11) is 0. The highest BCUT2D eigenvalue weighted by Gasteiger charge is 2.28. The monoisotopic (exact) mass is 468 g/mol. The minimum atomic E-state index is 0.159. The van der Waals surface area contributed by atoms with E-state index in [-0.39, 0.29) is 5.92 Å². The molecular weight excluding hydrogens is 440 g/mol. The summed E-state index contributed by atoms with van der Waals surface area (Å²) in [6.07, 6.45) is 1.85. The molecule has 1 aliphatic rings. The van der Waals surface area contributed by atoms with E-state index in [0.717, 1.165) is 72.6 Å². The Morgan fingerprint density at radius 1 is 1.07 bits per heavy atom. The van der Waals surface area contributed by atoms with Crippen LogP contribution in [0, 0.1) is 5.92 Å². The highest BCUT2D eigenvalue weighted by atomic mass is 79.9. The molecule has 1 aliphatic heterocycles. The van der Waals surface area contributed by atoms with E-state index in [9.17, 15) is 4.79 Å². The minimum Gasteiger partial charge on any atom is -0.343 e. The van der Waals surface area contributed by atoms with Gasteiger partial charge in [-0.3, -0.25) is 14.3 Å². The van der Waals surface area contributed by atoms with Gasteiger partial charge in [0.15, 0.2) is 0 Å². The first-order chi connectivity index (χ1) is 14.6. The molecule has 1 amide bonds. The molecule has 0 saturated carbocycles. The fraction of sp³-hybridized carbons (Fsp3) is 0.417. The first kappa shape index (κ1) is 21.1. The molecule has 0 N–H and O–H groups in total. The van der Waals surface area contributed by atoms with E-state index in [0.29, 0.717) is 5.91 Å². The highest BCUT2D eigenvalue weighted by Crippen LogP contribution is 2.26. The van der Waals surface area contributed by atoms with E-state index in [1.807, 2.05) is 11.0 Å². The summed E-state index contributed by atoms with van der Waals surface area (Å²) in [5.74, 6) is 1.53. The SMILES string of the molecule is CCN(CC)C(=O)C1CCN(Cc2nc3ccccc3n2-c2ccc(Br)cc2)CC1. The average Bonchev–Trinajstić information content (AvgIpc) is 3.13. The normalized spacial score (nSPS) is 15.6. The number of amides is 1. The smallest absolute Gasteiger partial charge is 0.225 e. The van der Waals surface area contributed by atoms with Gasteiger partial charge in [-0.2, -0.15) is 0 Å². The molecule has 30 heavy (non-hydrogen) atoms. The van der Waals surface area contributed by atoms with Crippen LogP contribution in [0.4, 0.5) is 0 Å². The largest absolute Gasteiger partial charge is 0.343 e. The number of hydrogen-bond acceptors (Lipinski definition) is 3. The molecule has 0 spiro atoms. The molecule has 4 rings (SSSR count). The Kier molecular flexibility index (Phi) is 6.54. The molecular formula is C24H29BrN4O. The zero-order valence-electron chi connectivity index (χ0n) is 17.7. The molecule has 0 radical (unpaired) electrons. The second kappa shape index (κ2) is 9.31. The number of fused-ring (bicyclic) bond motifs is 1. The topological polar surface area (TPSA) is 41.4 Å². The van der Waals surface area contributed by atoms with Crippen molar-refractivity contribution in [1.82, 2.24) is 19.4 Å². The van der Waals surface area contributed by atoms with Crippen LogP contribution in [0.2, 0.25) is 0 Å². The molecule has 2 aromatic carbocycles. The molecule has 1 aromatic heterocycles. The van der Waals surface area contributed by atoms with Crippen LogP contribution in [0.3, 0.4) is 0 Å². The molecule has 0 aliphatic carbocycles. The summed E-state index contributed by atoms with van der Waals surface area (Å²) < 4.78 is 3.33. The number of halogens is 1. The highest BCUT2D eigenvalue weighted by molar-refractivity contribution is 9.10. The van der Waals surface area contributed by atoms with Gasteiger partial charge in [-0.1, -0.05) is 28.1 Å². The Bertz CT molecular complexity index is 1000. The van der Waals surface area contributed by atoms with Crippen molar-refractivity contribution in [3.8, 4) is 5.69 Å². The first-order valence-electron chi connectivity index (χ1n) is 10.8. The number of rotatable bonds is 6. The number of carbonyl (C=O) groups is 1. The molecule has 3 aromatic rings. The summed E-state index contributed by atoms with van der Waals surface area (Å²) in [6, 6.07) is 16.7. The fourth-order valence-electron chi connectivity index (χ4n) is 4.39. The zero-order chi connectivity index (χ0) is 21.1. The Hall–Kier alpha value is -2.18. The summed E-state index contributed by atoms with van der Waals surface area (Å²) in [6.45, 7) is 8.37. The van der Waals surface area contributed by atoms with Crippen LogP contribution in [0.5, 0.6) is 0 Å². The second-order valence-corrected chi connectivity index (χ2v) is 8.81. The van der Waals surface area contributed by atoms with Gasteiger partial charge in [0.05, 0.1) is 17.6 Å². The number of nitrogens with zero attached hydrogens (tertiary/aromatic N) is 4. The minimum absolute atomic E-state index is 0.159. The molecule has 158 valence electrons. The van der Waals surface area contributed by atoms with Gasteiger partial charge in [-0.15, -0.1) is 0 Å². The van der Waals surface area contributed by atoms with Gasteiger partial charge in [0.25, 0.3) is 0 Å². The Balaban J connectivity index is 1.53. The van der Waals surface area contributed by atoms with Crippen LogP contribution in [-0.4, -0.2) is 51.4 Å². The van der Waals surface area contributed by atoms with Crippen molar-refractivity contribution >= 4 is 32.9 Å². The van der Waals surface area contributed by atoms with Gasteiger partial charge in [0, 0.05) is 29.2 Å². The van der Waals surface area contributed by atoms with Gasteiger partial charge in [-0.05, 0) is 76.2 Å². The van der Waals surface area contributed by atoms with Crippen molar-refractivity contribution in [2.45, 2.75) is 33.2 Å². The lowest BCUT2D eigenvalue weighted by Crippen LogP contribution is -2.42. The second-order valence-electron chi connectivity index (χ2n) is 7.89. The Morgan fingerprint density at radius 3 is 2.40 bits per heavy atom. The number of hydrogen-bond donors (Lipinski definition) is 0. The van der Waals surface area contributed by atoms with E-state index in [2.05, 4.69) is 81.7 Å². The lowest BCUT2D eigenvalue weighted by molar-refractivity contribution is -0.136. The third-order valence-electron chi connectivity index (χ3n) is 6.09. The Morgan fingerprint density at radius 2 is 1.73 bits per heavy atom. The van der Waals surface area contributed by atoms with E-state index < -0.39 is 0 Å². The fourth-order valence-corrected chi connectivity index (χ4v) is 4.66. The number of imidazole rings is 1. The van der Waals surface area contributed by atoms with Crippen LogP contribution in [0.25, 0.3) is 16.7 Å². The predicted octanol–water partition coefficient (Wildman–Crippen LogP) is 4.87. The number of likely N-dealkylation sites (tertiary alicyclic amines) is 1. The quantitative estimate of drug-likeness (QED) is 0.518. The van der Waals surface area contributed by atoms with Crippen molar-refractivity contribution in [3.05, 3.63) is 58.8 Å². The van der Waals surface area contributed by atoms with Crippen LogP contribution >= 0.6 is 15.9 Å². The van der Waals surface area contributed by atoms with E-state index in [4.69, 9.17) is 4.98 Å². The van der Waals surface area contributed by atoms with Crippen LogP contribution in [0.15, 0.2) is 53.0 Å². The van der Waals surface area contributed by atoms with Gasteiger partial charge in [0.1, 0.15) is 5.82 Å². The number of piperidine rings is 1. The van der Waals surface area contributed by atoms with Crippen molar-refractivity contribution < 1.29 is 4.79 Å². The van der Waals surface area contributed by atoms with E-state index in [1.54, 1.807) is 0 Å². The molecule has 0 atom stereocenters. The van der Waals surface area contributed by atoms with Crippen molar-refractivity contribution in [3.63, 3.8) is 0 Å². The summed E-state index contributed by atoms with van der Waals surface area (Å²) in [4.78, 5) is 22.0. The van der Waals surface area contributed by atoms with Crippen molar-refractivity contribution in [1.29, 1.82) is 0 Å². The third-order valence-corrected chi connectivity index (χ3v) is 6.62. The molecule has 6 heteroatoms. The lowest BCUT2D eigenvalue weighted by atomic mass is 9.95. The third kappa shape index (κ3) is 4.30. The van der Waals surface area contributed by atoms with Gasteiger partial charge >= 0.3 is 0 Å². The maximum atomic E-state index is 12.7. The zero-order valence-corrected chi connectivity index (χ0v) is 19.3. The molecule has 5 nitrogen and oxygen atoms in total. The van der Waals surface area contributed by atoms with Crippen LogP contribution in [0.1, 0.15) is 32.5 Å². The summed E-state index contributed by atoms with van der Waals surface area (Å²) >= 11 is 3.53. The van der Waals surface area contributed by atoms with Gasteiger partial charge < -0.3 is 4.90 Å². The summed E-state index contributed by atoms with van der Waals surface area (Å²) in [5.41, 5.74) is 3.26. The van der Waals surface area contributed by atoms with E-state index >= 15 is 0 Å². The van der Waals surface area contributed by atoms with Gasteiger partial charge in [-0.25, -0.2) is 4.98 Å². The standard InChI is InChI=1S/C24H29BrN4O/c1-3-28(4-2)24(30)18-13-15-27(16-14-18)17-23-26-21-7-5-6-8-22(21)29(23)20-11-9-19(25)10-12-20/h5-12,18H,3-4,13-17H2,1-2H3. The molecule has 0 unspecified atom stereocenters. The molecule has 1 saturated heterocycles. The maximum Gasteiger partial charge on any atom is 0.225 e. The van der Waals surface area contributed by atoms with Crippen LogP contribution < -0.4 is 0 Å². The molecule has 2 heterocycles. The average molecular weight is 469 g/mol. The number of aromatic nitrogens is 2. The first-order valence-corrected chi connectivity index (χ1v) is 11.6. The van der Waals surface area contributed by atoms with E-state index in [1.165, 1.54) is 0 Å². The van der Waals surface area contributed by atoms with Crippen LogP contribution in [-0.2, 0) is 11.3 Å².